The smallest absolute Gasteiger partial charge is 0.226 e. The quantitative estimate of drug-likeness (QED) is 0.585. The van der Waals surface area contributed by atoms with Gasteiger partial charge in [-0.2, -0.15) is 5.10 Å². The fourth-order valence-corrected chi connectivity index (χ4v) is 2.86. The third-order valence-corrected chi connectivity index (χ3v) is 4.19. The van der Waals surface area contributed by atoms with Crippen molar-refractivity contribution in [2.75, 3.05) is 0 Å². The van der Waals surface area contributed by atoms with Crippen molar-refractivity contribution in [2.24, 2.45) is 0 Å². The molecule has 0 aliphatic heterocycles. The number of hydrogen-bond acceptors (Lipinski definition) is 4. The highest BCUT2D eigenvalue weighted by molar-refractivity contribution is 6.47. The van der Waals surface area contributed by atoms with Crippen molar-refractivity contribution in [3.63, 3.8) is 0 Å². The summed E-state index contributed by atoms with van der Waals surface area (Å²) in [6.07, 6.45) is 0. The number of hydrogen-bond donors (Lipinski definition) is 1. The molecule has 0 radical (unpaired) electrons. The number of aromatic amines is 1. The Morgan fingerprint density at radius 2 is 1.71 bits per heavy atom. The summed E-state index contributed by atoms with van der Waals surface area (Å²) < 4.78 is 0. The summed E-state index contributed by atoms with van der Waals surface area (Å²) in [4.78, 5) is 12.1. The molecule has 4 rings (SSSR count). The van der Waals surface area contributed by atoms with E-state index in [1.165, 1.54) is 0 Å². The molecular weight excluding hydrogens is 311 g/mol. The Kier molecular flexibility index (Phi) is 2.60. The summed E-state index contributed by atoms with van der Waals surface area (Å²) in [6.45, 7) is 0. The lowest BCUT2D eigenvalue weighted by atomic mass is 10.0. The Balaban J connectivity index is 2.27. The lowest BCUT2D eigenvalue weighted by molar-refractivity contribution is 1.04. The lowest BCUT2D eigenvalue weighted by Crippen LogP contribution is -2.04. The van der Waals surface area contributed by atoms with Crippen LogP contribution in [-0.2, 0) is 0 Å². The fourth-order valence-electron chi connectivity index (χ4n) is 2.40. The molecule has 2 heterocycles. The first-order chi connectivity index (χ1) is 10.2. The van der Waals surface area contributed by atoms with Crippen LogP contribution in [-0.4, -0.2) is 20.4 Å². The highest BCUT2D eigenvalue weighted by Crippen LogP contribution is 2.37. The molecule has 2 aromatic heterocycles. The Hall–Kier alpha value is -2.24. The van der Waals surface area contributed by atoms with E-state index in [1.54, 1.807) is 0 Å². The van der Waals surface area contributed by atoms with Crippen molar-refractivity contribution in [1.82, 2.24) is 20.4 Å². The number of H-pyrrole nitrogens is 1. The van der Waals surface area contributed by atoms with Gasteiger partial charge in [0.15, 0.2) is 5.65 Å². The van der Waals surface area contributed by atoms with Gasteiger partial charge in [0.25, 0.3) is 0 Å². The first kappa shape index (κ1) is 12.5. The monoisotopic (exact) mass is 316 g/mol. The van der Waals surface area contributed by atoms with Crippen molar-refractivity contribution in [2.45, 2.75) is 0 Å². The van der Waals surface area contributed by atoms with Gasteiger partial charge in [0.05, 0.1) is 10.4 Å². The SMILES string of the molecule is O=c1c(Cl)c(Cl)c2c(-c3ccccc3)n[nH]c3nnc1c32. The van der Waals surface area contributed by atoms with Gasteiger partial charge in [-0.1, -0.05) is 53.5 Å². The van der Waals surface area contributed by atoms with E-state index >= 15 is 0 Å². The van der Waals surface area contributed by atoms with E-state index in [-0.39, 0.29) is 15.6 Å². The van der Waals surface area contributed by atoms with Crippen LogP contribution in [0.25, 0.3) is 33.2 Å². The Labute approximate surface area is 127 Å². The number of nitrogens with zero attached hydrogens (tertiary/aromatic N) is 3. The molecule has 2 aromatic carbocycles. The van der Waals surface area contributed by atoms with Gasteiger partial charge in [-0.3, -0.25) is 9.89 Å². The van der Waals surface area contributed by atoms with E-state index in [0.717, 1.165) is 5.56 Å². The van der Waals surface area contributed by atoms with E-state index in [9.17, 15) is 4.79 Å². The molecule has 0 bridgehead atoms. The molecule has 0 fully saturated rings. The van der Waals surface area contributed by atoms with Gasteiger partial charge in [0.1, 0.15) is 16.2 Å². The van der Waals surface area contributed by atoms with Gasteiger partial charge in [0.2, 0.25) is 5.43 Å². The molecule has 4 aromatic rings. The van der Waals surface area contributed by atoms with Crippen LogP contribution in [0.1, 0.15) is 0 Å². The van der Waals surface area contributed by atoms with Gasteiger partial charge in [0, 0.05) is 10.9 Å². The topological polar surface area (TPSA) is 71.5 Å². The highest BCUT2D eigenvalue weighted by atomic mass is 35.5. The Morgan fingerprint density at radius 1 is 0.952 bits per heavy atom. The van der Waals surface area contributed by atoms with Crippen LogP contribution in [0.3, 0.4) is 0 Å². The van der Waals surface area contributed by atoms with E-state index in [1.807, 2.05) is 30.3 Å². The van der Waals surface area contributed by atoms with E-state index in [4.69, 9.17) is 23.2 Å². The molecular formula is C14H6Cl2N4O. The summed E-state index contributed by atoms with van der Waals surface area (Å²) >= 11 is 12.3. The molecule has 7 heteroatoms. The van der Waals surface area contributed by atoms with E-state index < -0.39 is 5.43 Å². The highest BCUT2D eigenvalue weighted by Gasteiger charge is 2.22. The molecule has 0 saturated carbocycles. The van der Waals surface area contributed by atoms with Crippen LogP contribution in [0.5, 0.6) is 0 Å². The summed E-state index contributed by atoms with van der Waals surface area (Å²) in [5, 5.41) is 16.1. The zero-order chi connectivity index (χ0) is 14.6. The predicted octanol–water partition coefficient (Wildman–Crippen LogP) is 3.28. The molecule has 0 atom stereocenters. The molecule has 0 saturated heterocycles. The molecule has 0 aliphatic rings. The number of benzene rings is 2. The van der Waals surface area contributed by atoms with Crippen LogP contribution < -0.4 is 5.43 Å². The molecule has 5 nitrogen and oxygen atoms in total. The summed E-state index contributed by atoms with van der Waals surface area (Å²) in [7, 11) is 0. The van der Waals surface area contributed by atoms with Crippen LogP contribution in [0.2, 0.25) is 10.0 Å². The van der Waals surface area contributed by atoms with Gasteiger partial charge in [-0.25, -0.2) is 0 Å². The zero-order valence-corrected chi connectivity index (χ0v) is 11.9. The standard InChI is InChI=1S/C14H6Cl2N4O/c15-9-7-8-12(13(21)10(9)16)18-20-14(8)19-17-11(7)6-4-2-1-3-5-6/h1-5H,(H,18,19,20). The molecule has 1 N–H and O–H groups in total. The van der Waals surface area contributed by atoms with Crippen molar-refractivity contribution in [1.29, 1.82) is 0 Å². The average molecular weight is 317 g/mol. The largest absolute Gasteiger partial charge is 0.286 e. The second-order valence-electron chi connectivity index (χ2n) is 4.54. The third-order valence-electron chi connectivity index (χ3n) is 3.36. The molecule has 0 unspecified atom stereocenters. The zero-order valence-electron chi connectivity index (χ0n) is 10.4. The molecule has 21 heavy (non-hydrogen) atoms. The number of halogens is 2. The maximum absolute atomic E-state index is 12.1. The number of nitrogens with one attached hydrogen (secondary N) is 1. The maximum Gasteiger partial charge on any atom is 0.226 e. The maximum atomic E-state index is 12.1. The molecule has 0 spiro atoms. The van der Waals surface area contributed by atoms with Crippen molar-refractivity contribution in [3.8, 4) is 11.3 Å². The Bertz CT molecular complexity index is 1030. The first-order valence-electron chi connectivity index (χ1n) is 6.09. The fraction of sp³-hybridized carbons (Fsp3) is 0. The van der Waals surface area contributed by atoms with E-state index in [0.29, 0.717) is 22.1 Å². The molecule has 0 amide bonds. The van der Waals surface area contributed by atoms with Gasteiger partial charge in [-0.05, 0) is 0 Å². The van der Waals surface area contributed by atoms with Gasteiger partial charge >= 0.3 is 0 Å². The summed E-state index contributed by atoms with van der Waals surface area (Å²) in [5.74, 6) is 0. The first-order valence-corrected chi connectivity index (χ1v) is 6.84. The second kappa shape index (κ2) is 4.38. The predicted molar refractivity (Wildman–Crippen MR) is 82.1 cm³/mol. The van der Waals surface area contributed by atoms with Gasteiger partial charge < -0.3 is 0 Å². The average Bonchev–Trinajstić information content (AvgIpc) is 2.95. The normalized spacial score (nSPS) is 11.5. The van der Waals surface area contributed by atoms with Crippen molar-refractivity contribution >= 4 is 45.1 Å². The van der Waals surface area contributed by atoms with E-state index in [2.05, 4.69) is 20.4 Å². The van der Waals surface area contributed by atoms with Crippen LogP contribution in [0.15, 0.2) is 35.1 Å². The summed E-state index contributed by atoms with van der Waals surface area (Å²) in [6, 6.07) is 9.49. The minimum atomic E-state index is -0.421. The van der Waals surface area contributed by atoms with Crippen LogP contribution >= 0.6 is 23.2 Å². The second-order valence-corrected chi connectivity index (χ2v) is 5.30. The third kappa shape index (κ3) is 1.65. The molecule has 102 valence electrons. The summed E-state index contributed by atoms with van der Waals surface area (Å²) in [5.41, 5.74) is 1.65. The Morgan fingerprint density at radius 3 is 2.48 bits per heavy atom. The van der Waals surface area contributed by atoms with Gasteiger partial charge in [-0.15, -0.1) is 10.2 Å². The van der Waals surface area contributed by atoms with Crippen molar-refractivity contribution < 1.29 is 0 Å². The van der Waals surface area contributed by atoms with Crippen LogP contribution in [0, 0.1) is 0 Å². The number of aromatic nitrogens is 4. The minimum absolute atomic E-state index is 0.0591. The molecule has 0 aliphatic carbocycles. The number of rotatable bonds is 1. The van der Waals surface area contributed by atoms with Crippen molar-refractivity contribution in [3.05, 3.63) is 50.6 Å². The van der Waals surface area contributed by atoms with Crippen LogP contribution in [0.4, 0.5) is 0 Å². The minimum Gasteiger partial charge on any atom is -0.286 e. The lowest BCUT2D eigenvalue weighted by Gasteiger charge is -2.07.